The van der Waals surface area contributed by atoms with E-state index in [-0.39, 0.29) is 0 Å². The molecule has 1 aliphatic rings. The van der Waals surface area contributed by atoms with Gasteiger partial charge in [0.25, 0.3) is 0 Å². The molecule has 0 bridgehead atoms. The van der Waals surface area contributed by atoms with Crippen molar-refractivity contribution in [2.24, 2.45) is 5.92 Å². The number of hydrogen-bond acceptors (Lipinski definition) is 5. The molecule has 1 aromatic heterocycles. The summed E-state index contributed by atoms with van der Waals surface area (Å²) < 4.78 is 10.4. The van der Waals surface area contributed by atoms with Crippen LogP contribution in [-0.4, -0.2) is 38.9 Å². The number of nitrogens with two attached hydrogens (primary N) is 1. The Labute approximate surface area is 108 Å². The van der Waals surface area contributed by atoms with Crippen molar-refractivity contribution in [1.29, 1.82) is 0 Å². The molecule has 0 spiro atoms. The van der Waals surface area contributed by atoms with Crippen molar-refractivity contribution in [1.82, 2.24) is 4.98 Å². The molecule has 1 fully saturated rings. The summed E-state index contributed by atoms with van der Waals surface area (Å²) in [6.07, 6.45) is 2.35. The predicted octanol–water partition coefficient (Wildman–Crippen LogP) is 1.54. The molecule has 0 amide bonds. The summed E-state index contributed by atoms with van der Waals surface area (Å²) in [5.41, 5.74) is 6.71. The molecule has 1 saturated heterocycles. The third-order valence-electron chi connectivity index (χ3n) is 3.31. The van der Waals surface area contributed by atoms with Crippen molar-refractivity contribution in [2.75, 3.05) is 44.5 Å². The Balaban J connectivity index is 2.14. The Morgan fingerprint density at radius 3 is 3.00 bits per heavy atom. The van der Waals surface area contributed by atoms with Gasteiger partial charge in [0, 0.05) is 26.3 Å². The maximum Gasteiger partial charge on any atom is 0.215 e. The molecule has 1 aromatic rings. The van der Waals surface area contributed by atoms with Crippen LogP contribution in [0.5, 0.6) is 5.88 Å². The highest BCUT2D eigenvalue weighted by atomic mass is 16.5. The Kier molecular flexibility index (Phi) is 4.25. The van der Waals surface area contributed by atoms with Crippen LogP contribution in [0.1, 0.15) is 12.8 Å². The van der Waals surface area contributed by atoms with Crippen LogP contribution >= 0.6 is 0 Å². The molecule has 0 aliphatic carbocycles. The highest BCUT2D eigenvalue weighted by Crippen LogP contribution is 2.28. The minimum atomic E-state index is 0.552. The van der Waals surface area contributed by atoms with Crippen LogP contribution in [0.2, 0.25) is 0 Å². The second-order valence-corrected chi connectivity index (χ2v) is 4.68. The minimum Gasteiger partial charge on any atom is -0.481 e. The van der Waals surface area contributed by atoms with Gasteiger partial charge in [0.15, 0.2) is 5.82 Å². The topological polar surface area (TPSA) is 60.6 Å². The zero-order chi connectivity index (χ0) is 13.0. The lowest BCUT2D eigenvalue weighted by atomic mass is 9.99. The van der Waals surface area contributed by atoms with Gasteiger partial charge in [-0.1, -0.05) is 0 Å². The molecule has 18 heavy (non-hydrogen) atoms. The lowest BCUT2D eigenvalue weighted by Crippen LogP contribution is -2.38. The second kappa shape index (κ2) is 5.91. The summed E-state index contributed by atoms with van der Waals surface area (Å²) in [5, 5.41) is 0. The number of hydrogen-bond donors (Lipinski definition) is 1. The lowest BCUT2D eigenvalue weighted by molar-refractivity contribution is 0.143. The van der Waals surface area contributed by atoms with Crippen molar-refractivity contribution in [2.45, 2.75) is 12.8 Å². The second-order valence-electron chi connectivity index (χ2n) is 4.68. The van der Waals surface area contributed by atoms with Crippen molar-refractivity contribution in [3.8, 4) is 5.88 Å². The average Bonchev–Trinajstić information content (AvgIpc) is 2.40. The van der Waals surface area contributed by atoms with Gasteiger partial charge >= 0.3 is 0 Å². The molecule has 100 valence electrons. The average molecular weight is 251 g/mol. The first-order valence-corrected chi connectivity index (χ1v) is 6.29. The normalized spacial score (nSPS) is 19.9. The Morgan fingerprint density at radius 2 is 2.28 bits per heavy atom. The molecule has 2 rings (SSSR count). The van der Waals surface area contributed by atoms with Crippen LogP contribution in [0, 0.1) is 5.92 Å². The van der Waals surface area contributed by atoms with E-state index in [1.54, 1.807) is 20.3 Å². The highest BCUT2D eigenvalue weighted by Gasteiger charge is 2.22. The number of methoxy groups -OCH3 is 2. The molecule has 5 nitrogen and oxygen atoms in total. The monoisotopic (exact) mass is 251 g/mol. The number of pyridine rings is 1. The molecule has 1 aliphatic heterocycles. The van der Waals surface area contributed by atoms with Gasteiger partial charge in [0.2, 0.25) is 5.88 Å². The SMILES string of the molecule is COCC1CCCN(c2nc(OC)ccc2N)C1. The van der Waals surface area contributed by atoms with E-state index < -0.39 is 0 Å². The smallest absolute Gasteiger partial charge is 0.215 e. The van der Waals surface area contributed by atoms with Crippen molar-refractivity contribution >= 4 is 11.5 Å². The molecule has 2 heterocycles. The number of rotatable bonds is 4. The molecular formula is C13H21N3O2. The van der Waals surface area contributed by atoms with Crippen LogP contribution in [0.4, 0.5) is 11.5 Å². The van der Waals surface area contributed by atoms with Gasteiger partial charge in [-0.25, -0.2) is 0 Å². The summed E-state index contributed by atoms with van der Waals surface area (Å²) in [6, 6.07) is 3.64. The Hall–Kier alpha value is -1.49. The van der Waals surface area contributed by atoms with E-state index in [0.29, 0.717) is 17.5 Å². The third-order valence-corrected chi connectivity index (χ3v) is 3.31. The van der Waals surface area contributed by atoms with E-state index in [9.17, 15) is 0 Å². The van der Waals surface area contributed by atoms with Crippen LogP contribution in [0.15, 0.2) is 12.1 Å². The minimum absolute atomic E-state index is 0.552. The van der Waals surface area contributed by atoms with Crippen molar-refractivity contribution < 1.29 is 9.47 Å². The molecular weight excluding hydrogens is 230 g/mol. The van der Waals surface area contributed by atoms with Crippen LogP contribution < -0.4 is 15.4 Å². The largest absolute Gasteiger partial charge is 0.481 e. The van der Waals surface area contributed by atoms with E-state index in [1.165, 1.54) is 6.42 Å². The van der Waals surface area contributed by atoms with Gasteiger partial charge < -0.3 is 20.1 Å². The molecule has 1 unspecified atom stereocenters. The summed E-state index contributed by atoms with van der Waals surface area (Å²) in [5.74, 6) is 1.99. The molecule has 1 atom stereocenters. The van der Waals surface area contributed by atoms with Gasteiger partial charge in [0.1, 0.15) is 0 Å². The summed E-state index contributed by atoms with van der Waals surface area (Å²) >= 11 is 0. The first kappa shape index (κ1) is 13.0. The fourth-order valence-corrected chi connectivity index (χ4v) is 2.44. The summed E-state index contributed by atoms with van der Waals surface area (Å²) in [7, 11) is 3.36. The van der Waals surface area contributed by atoms with Gasteiger partial charge in [-0.15, -0.1) is 0 Å². The summed E-state index contributed by atoms with van der Waals surface area (Å²) in [6.45, 7) is 2.73. The standard InChI is InChI=1S/C13H21N3O2/c1-17-9-10-4-3-7-16(8-10)13-11(14)5-6-12(15-13)18-2/h5-6,10H,3-4,7-9,14H2,1-2H3. The van der Waals surface area contributed by atoms with Gasteiger partial charge in [-0.05, 0) is 24.8 Å². The van der Waals surface area contributed by atoms with Crippen LogP contribution in [0.3, 0.4) is 0 Å². The fraction of sp³-hybridized carbons (Fsp3) is 0.615. The molecule has 2 N–H and O–H groups in total. The maximum absolute atomic E-state index is 6.00. The van der Waals surface area contributed by atoms with E-state index in [0.717, 1.165) is 31.9 Å². The predicted molar refractivity (Wildman–Crippen MR) is 72.0 cm³/mol. The number of nitrogens with zero attached hydrogens (tertiary/aromatic N) is 2. The molecule has 0 saturated carbocycles. The van der Waals surface area contributed by atoms with Gasteiger partial charge in [-0.2, -0.15) is 4.98 Å². The Bertz CT molecular complexity index is 396. The number of anilines is 2. The number of piperidine rings is 1. The zero-order valence-electron chi connectivity index (χ0n) is 11.1. The van der Waals surface area contributed by atoms with E-state index in [4.69, 9.17) is 15.2 Å². The van der Waals surface area contributed by atoms with Crippen LogP contribution in [0.25, 0.3) is 0 Å². The molecule has 0 radical (unpaired) electrons. The quantitative estimate of drug-likeness (QED) is 0.879. The first-order valence-electron chi connectivity index (χ1n) is 6.29. The van der Waals surface area contributed by atoms with E-state index >= 15 is 0 Å². The van der Waals surface area contributed by atoms with Crippen LogP contribution in [-0.2, 0) is 4.74 Å². The summed E-state index contributed by atoms with van der Waals surface area (Å²) in [4.78, 5) is 6.67. The molecule has 0 aromatic carbocycles. The third kappa shape index (κ3) is 2.85. The number of nitrogen functional groups attached to an aromatic ring is 1. The number of ether oxygens (including phenoxy) is 2. The highest BCUT2D eigenvalue weighted by molar-refractivity contribution is 5.63. The van der Waals surface area contributed by atoms with E-state index in [1.807, 2.05) is 6.07 Å². The Morgan fingerprint density at radius 1 is 1.44 bits per heavy atom. The fourth-order valence-electron chi connectivity index (χ4n) is 2.44. The first-order chi connectivity index (χ1) is 8.74. The number of aromatic nitrogens is 1. The van der Waals surface area contributed by atoms with Gasteiger partial charge in [-0.3, -0.25) is 0 Å². The van der Waals surface area contributed by atoms with Crippen molar-refractivity contribution in [3.05, 3.63) is 12.1 Å². The maximum atomic E-state index is 6.00. The zero-order valence-corrected chi connectivity index (χ0v) is 11.1. The molecule has 5 heteroatoms. The van der Waals surface area contributed by atoms with Gasteiger partial charge in [0.05, 0.1) is 19.4 Å². The lowest BCUT2D eigenvalue weighted by Gasteiger charge is -2.33. The van der Waals surface area contributed by atoms with Crippen molar-refractivity contribution in [3.63, 3.8) is 0 Å². The van der Waals surface area contributed by atoms with E-state index in [2.05, 4.69) is 9.88 Å².